The van der Waals surface area contributed by atoms with E-state index < -0.39 is 5.92 Å². The fourth-order valence-electron chi connectivity index (χ4n) is 2.54. The van der Waals surface area contributed by atoms with Crippen molar-refractivity contribution in [3.8, 4) is 0 Å². The van der Waals surface area contributed by atoms with Crippen LogP contribution in [-0.4, -0.2) is 34.4 Å². The topological polar surface area (TPSA) is 78.9 Å². The van der Waals surface area contributed by atoms with Gasteiger partial charge in [0, 0.05) is 12.6 Å². The predicted octanol–water partition coefficient (Wildman–Crippen LogP) is 2.68. The van der Waals surface area contributed by atoms with Crippen molar-refractivity contribution in [1.82, 2.24) is 4.90 Å². The molecule has 0 heterocycles. The Bertz CT molecular complexity index is 323. The van der Waals surface area contributed by atoms with Crippen LogP contribution in [-0.2, 0) is 4.79 Å². The molecule has 1 amide bonds. The van der Waals surface area contributed by atoms with E-state index in [4.69, 9.17) is 10.9 Å². The highest BCUT2D eigenvalue weighted by Gasteiger charge is 2.33. The molecule has 0 aromatic heterocycles. The molecule has 0 rings (SSSR count). The molecule has 3 N–H and O–H groups in total. The van der Waals surface area contributed by atoms with Crippen LogP contribution < -0.4 is 5.73 Å². The van der Waals surface area contributed by atoms with Crippen molar-refractivity contribution in [3.05, 3.63) is 0 Å². The molecule has 0 aliphatic carbocycles. The minimum absolute atomic E-state index is 0.00224. The van der Waals surface area contributed by atoms with Gasteiger partial charge < -0.3 is 15.8 Å². The summed E-state index contributed by atoms with van der Waals surface area (Å²) < 4.78 is 0. The van der Waals surface area contributed by atoms with Gasteiger partial charge in [-0.25, -0.2) is 0 Å². The number of nitrogens with zero attached hydrogens (tertiary/aromatic N) is 2. The summed E-state index contributed by atoms with van der Waals surface area (Å²) in [6, 6.07) is 0.206. The van der Waals surface area contributed by atoms with Crippen LogP contribution in [0, 0.1) is 17.8 Å². The average molecular weight is 285 g/mol. The van der Waals surface area contributed by atoms with Gasteiger partial charge in [0.15, 0.2) is 5.84 Å². The maximum absolute atomic E-state index is 12.8. The van der Waals surface area contributed by atoms with Crippen LogP contribution in [0.2, 0.25) is 0 Å². The van der Waals surface area contributed by atoms with Crippen LogP contribution in [0.5, 0.6) is 0 Å². The highest BCUT2D eigenvalue weighted by atomic mass is 16.4. The molecule has 118 valence electrons. The molecule has 0 spiro atoms. The second-order valence-corrected chi connectivity index (χ2v) is 6.10. The van der Waals surface area contributed by atoms with Gasteiger partial charge >= 0.3 is 0 Å². The van der Waals surface area contributed by atoms with E-state index >= 15 is 0 Å². The number of amidine groups is 1. The molecule has 0 aliphatic heterocycles. The summed E-state index contributed by atoms with van der Waals surface area (Å²) in [7, 11) is 0. The number of nitrogens with two attached hydrogens (primary N) is 1. The number of carbonyl (C=O) groups is 1. The Labute approximate surface area is 123 Å². The van der Waals surface area contributed by atoms with Crippen molar-refractivity contribution >= 4 is 11.7 Å². The first-order chi connectivity index (χ1) is 9.29. The first-order valence-corrected chi connectivity index (χ1v) is 7.57. The van der Waals surface area contributed by atoms with Gasteiger partial charge in [-0.05, 0) is 24.7 Å². The zero-order valence-corrected chi connectivity index (χ0v) is 13.8. The van der Waals surface area contributed by atoms with Crippen molar-refractivity contribution in [2.24, 2.45) is 28.6 Å². The number of amides is 1. The lowest BCUT2D eigenvalue weighted by Gasteiger charge is -2.35. The van der Waals surface area contributed by atoms with Gasteiger partial charge in [-0.2, -0.15) is 0 Å². The molecule has 0 aromatic carbocycles. The summed E-state index contributed by atoms with van der Waals surface area (Å²) in [5, 5.41) is 12.0. The lowest BCUT2D eigenvalue weighted by atomic mass is 9.91. The number of carbonyl (C=O) groups excluding carboxylic acids is 1. The summed E-state index contributed by atoms with van der Waals surface area (Å²) in [5.41, 5.74) is 5.72. The van der Waals surface area contributed by atoms with Crippen LogP contribution in [0.25, 0.3) is 0 Å². The van der Waals surface area contributed by atoms with Gasteiger partial charge in [0.05, 0.1) is 0 Å². The summed E-state index contributed by atoms with van der Waals surface area (Å²) in [5.74, 6) is -0.191. The number of hydrogen-bond donors (Lipinski definition) is 2. The lowest BCUT2D eigenvalue weighted by Crippen LogP contribution is -2.49. The van der Waals surface area contributed by atoms with Crippen LogP contribution >= 0.6 is 0 Å². The van der Waals surface area contributed by atoms with Gasteiger partial charge in [0.25, 0.3) is 0 Å². The molecule has 0 aliphatic rings. The third-order valence-corrected chi connectivity index (χ3v) is 3.60. The van der Waals surface area contributed by atoms with Gasteiger partial charge in [0.2, 0.25) is 5.91 Å². The Morgan fingerprint density at radius 2 is 1.70 bits per heavy atom. The molecule has 0 saturated heterocycles. The zero-order chi connectivity index (χ0) is 15.9. The minimum atomic E-state index is -0.556. The van der Waals surface area contributed by atoms with Crippen LogP contribution in [0.1, 0.15) is 54.4 Å². The maximum atomic E-state index is 12.8. The SMILES string of the molecule is CCC(CC)N(CC(C)C)C(=O)C(C(N)=NO)C(C)C. The second kappa shape index (κ2) is 8.82. The molecule has 1 unspecified atom stereocenters. The largest absolute Gasteiger partial charge is 0.409 e. The van der Waals surface area contributed by atoms with E-state index in [0.717, 1.165) is 12.8 Å². The monoisotopic (exact) mass is 285 g/mol. The highest BCUT2D eigenvalue weighted by molar-refractivity contribution is 6.02. The first kappa shape index (κ1) is 18.7. The van der Waals surface area contributed by atoms with E-state index in [-0.39, 0.29) is 23.7 Å². The quantitative estimate of drug-likeness (QED) is 0.311. The van der Waals surface area contributed by atoms with Crippen LogP contribution in [0.3, 0.4) is 0 Å². The standard InChI is InChI=1S/C15H31N3O2/c1-7-12(8-2)18(9-10(3)4)15(19)13(11(5)6)14(16)17-20/h10-13,20H,7-9H2,1-6H3,(H2,16,17). The second-order valence-electron chi connectivity index (χ2n) is 6.10. The van der Waals surface area contributed by atoms with Gasteiger partial charge in [0.1, 0.15) is 5.92 Å². The fourth-order valence-corrected chi connectivity index (χ4v) is 2.54. The molecule has 5 nitrogen and oxygen atoms in total. The third-order valence-electron chi connectivity index (χ3n) is 3.60. The number of hydrogen-bond acceptors (Lipinski definition) is 3. The normalized spacial score (nSPS) is 14.2. The molecular weight excluding hydrogens is 254 g/mol. The molecule has 5 heteroatoms. The van der Waals surface area contributed by atoms with Crippen molar-refractivity contribution in [2.45, 2.75) is 60.4 Å². The summed E-state index contributed by atoms with van der Waals surface area (Å²) >= 11 is 0. The molecule has 0 aromatic rings. The fraction of sp³-hybridized carbons (Fsp3) is 0.867. The smallest absolute Gasteiger partial charge is 0.233 e. The van der Waals surface area contributed by atoms with Gasteiger partial charge in [-0.3, -0.25) is 4.79 Å². The molecule has 0 saturated carbocycles. The van der Waals surface area contributed by atoms with Crippen molar-refractivity contribution in [1.29, 1.82) is 0 Å². The third kappa shape index (κ3) is 5.02. The van der Waals surface area contributed by atoms with Crippen LogP contribution in [0.4, 0.5) is 0 Å². The maximum Gasteiger partial charge on any atom is 0.233 e. The van der Waals surface area contributed by atoms with Crippen LogP contribution in [0.15, 0.2) is 5.16 Å². The number of oxime groups is 1. The summed E-state index contributed by atoms with van der Waals surface area (Å²) in [6.45, 7) is 12.9. The molecule has 0 bridgehead atoms. The zero-order valence-electron chi connectivity index (χ0n) is 13.8. The van der Waals surface area contributed by atoms with Crippen molar-refractivity contribution in [2.75, 3.05) is 6.54 Å². The molecule has 0 fully saturated rings. The van der Waals surface area contributed by atoms with E-state index in [0.29, 0.717) is 12.5 Å². The van der Waals surface area contributed by atoms with E-state index in [9.17, 15) is 4.79 Å². The predicted molar refractivity (Wildman–Crippen MR) is 82.7 cm³/mol. The van der Waals surface area contributed by atoms with Gasteiger partial charge in [-0.1, -0.05) is 46.7 Å². The van der Waals surface area contributed by atoms with Crippen molar-refractivity contribution < 1.29 is 10.0 Å². The summed E-state index contributed by atoms with van der Waals surface area (Å²) in [6.07, 6.45) is 1.83. The Balaban J connectivity index is 5.37. The van der Waals surface area contributed by atoms with E-state index in [1.165, 1.54) is 0 Å². The highest BCUT2D eigenvalue weighted by Crippen LogP contribution is 2.20. The Morgan fingerprint density at radius 3 is 2.00 bits per heavy atom. The van der Waals surface area contributed by atoms with E-state index in [1.807, 2.05) is 18.7 Å². The minimum Gasteiger partial charge on any atom is -0.409 e. The first-order valence-electron chi connectivity index (χ1n) is 7.57. The molecule has 1 atom stereocenters. The number of rotatable bonds is 8. The lowest BCUT2D eigenvalue weighted by molar-refractivity contribution is -0.137. The summed E-state index contributed by atoms with van der Waals surface area (Å²) in [4.78, 5) is 14.7. The molecular formula is C15H31N3O2. The Kier molecular flexibility index (Phi) is 8.26. The van der Waals surface area contributed by atoms with E-state index in [1.54, 1.807) is 0 Å². The molecule has 0 radical (unpaired) electrons. The van der Waals surface area contributed by atoms with Crippen molar-refractivity contribution in [3.63, 3.8) is 0 Å². The molecule has 20 heavy (non-hydrogen) atoms. The Hall–Kier alpha value is -1.26. The Morgan fingerprint density at radius 1 is 1.20 bits per heavy atom. The van der Waals surface area contributed by atoms with E-state index in [2.05, 4.69) is 32.9 Å². The van der Waals surface area contributed by atoms with Gasteiger partial charge in [-0.15, -0.1) is 0 Å². The average Bonchev–Trinajstić information content (AvgIpc) is 2.37.